The van der Waals surface area contributed by atoms with Crippen LogP contribution in [0, 0.1) is 0 Å². The molecule has 0 aliphatic heterocycles. The fourth-order valence-electron chi connectivity index (χ4n) is 2.18. The van der Waals surface area contributed by atoms with Crippen LogP contribution in [-0.4, -0.2) is 24.6 Å². The molecule has 3 aromatic heterocycles. The van der Waals surface area contributed by atoms with Crippen molar-refractivity contribution in [3.05, 3.63) is 24.2 Å². The molecule has 0 saturated heterocycles. The largest absolute Gasteiger partial charge is 0.461 e. The van der Waals surface area contributed by atoms with E-state index in [1.165, 1.54) is 23.8 Å². The lowest BCUT2D eigenvalue weighted by Gasteiger charge is -2.02. The predicted molar refractivity (Wildman–Crippen MR) is 78.5 cm³/mol. The number of fused-ring (bicyclic) bond motifs is 1. The van der Waals surface area contributed by atoms with E-state index in [4.69, 9.17) is 10.2 Å². The van der Waals surface area contributed by atoms with E-state index in [0.717, 1.165) is 18.7 Å². The zero-order valence-electron chi connectivity index (χ0n) is 12.0. The maximum absolute atomic E-state index is 5.93. The lowest BCUT2D eigenvalue weighted by atomic mass is 10.1. The summed E-state index contributed by atoms with van der Waals surface area (Å²) in [5.74, 6) is 2.53. The maximum Gasteiger partial charge on any atom is 0.257 e. The second-order valence-corrected chi connectivity index (χ2v) is 4.93. The van der Waals surface area contributed by atoms with Gasteiger partial charge < -0.3 is 10.2 Å². The molecule has 0 atom stereocenters. The van der Waals surface area contributed by atoms with Gasteiger partial charge in [-0.15, -0.1) is 5.10 Å². The number of unbranched alkanes of at least 4 members (excludes halogenated alkanes) is 3. The first-order valence-electron chi connectivity index (χ1n) is 7.21. The van der Waals surface area contributed by atoms with Gasteiger partial charge in [-0.2, -0.15) is 19.5 Å². The van der Waals surface area contributed by atoms with Gasteiger partial charge in [-0.05, 0) is 18.6 Å². The highest BCUT2D eigenvalue weighted by atomic mass is 16.3. The zero-order chi connectivity index (χ0) is 14.7. The monoisotopic (exact) mass is 286 g/mol. The molecular weight excluding hydrogens is 268 g/mol. The second-order valence-electron chi connectivity index (χ2n) is 4.93. The lowest BCUT2D eigenvalue weighted by molar-refractivity contribution is 0.577. The van der Waals surface area contributed by atoms with Crippen molar-refractivity contribution in [1.29, 1.82) is 0 Å². The van der Waals surface area contributed by atoms with Crippen molar-refractivity contribution in [1.82, 2.24) is 24.6 Å². The first-order valence-corrected chi connectivity index (χ1v) is 7.21. The summed E-state index contributed by atoms with van der Waals surface area (Å²) in [6.07, 6.45) is 7.06. The smallest absolute Gasteiger partial charge is 0.257 e. The number of nitrogens with zero attached hydrogens (tertiary/aromatic N) is 5. The Bertz CT molecular complexity index is 718. The average Bonchev–Trinajstić information content (AvgIpc) is 3.12. The number of nitrogen functional groups attached to an aromatic ring is 1. The molecular formula is C14H18N6O. The summed E-state index contributed by atoms with van der Waals surface area (Å²) in [7, 11) is 0. The van der Waals surface area contributed by atoms with Gasteiger partial charge >= 0.3 is 0 Å². The Balaban J connectivity index is 1.85. The molecule has 7 nitrogen and oxygen atoms in total. The molecule has 3 rings (SSSR count). The predicted octanol–water partition coefficient (Wildman–Crippen LogP) is 2.48. The van der Waals surface area contributed by atoms with E-state index in [2.05, 4.69) is 27.0 Å². The molecule has 0 bridgehead atoms. The highest BCUT2D eigenvalue weighted by Crippen LogP contribution is 2.17. The Morgan fingerprint density at radius 1 is 1.19 bits per heavy atom. The van der Waals surface area contributed by atoms with Gasteiger partial charge in [0.25, 0.3) is 5.78 Å². The van der Waals surface area contributed by atoms with Crippen molar-refractivity contribution in [2.75, 3.05) is 5.73 Å². The van der Waals surface area contributed by atoms with Crippen LogP contribution in [0.3, 0.4) is 0 Å². The molecule has 0 aliphatic rings. The summed E-state index contributed by atoms with van der Waals surface area (Å²) in [4.78, 5) is 13.1. The average molecular weight is 286 g/mol. The number of aromatic nitrogens is 5. The minimum atomic E-state index is 0.302. The highest BCUT2D eigenvalue weighted by molar-refractivity contribution is 5.50. The molecule has 0 aromatic carbocycles. The summed E-state index contributed by atoms with van der Waals surface area (Å²) in [5, 5.41) is 4.27. The molecule has 0 radical (unpaired) electrons. The molecule has 21 heavy (non-hydrogen) atoms. The van der Waals surface area contributed by atoms with Crippen molar-refractivity contribution in [3.8, 4) is 11.6 Å². The van der Waals surface area contributed by atoms with E-state index in [-0.39, 0.29) is 0 Å². The third-order valence-electron chi connectivity index (χ3n) is 3.28. The van der Waals surface area contributed by atoms with Gasteiger partial charge in [0.15, 0.2) is 5.76 Å². The lowest BCUT2D eigenvalue weighted by Crippen LogP contribution is -2.07. The molecule has 3 heterocycles. The van der Waals surface area contributed by atoms with Crippen molar-refractivity contribution in [2.45, 2.75) is 39.0 Å². The van der Waals surface area contributed by atoms with Crippen LogP contribution in [-0.2, 0) is 6.42 Å². The number of anilines is 1. The van der Waals surface area contributed by atoms with Gasteiger partial charge in [0.2, 0.25) is 11.8 Å². The maximum atomic E-state index is 5.93. The van der Waals surface area contributed by atoms with Gasteiger partial charge in [-0.25, -0.2) is 0 Å². The van der Waals surface area contributed by atoms with Crippen LogP contribution in [0.5, 0.6) is 0 Å². The van der Waals surface area contributed by atoms with Crippen molar-refractivity contribution in [2.24, 2.45) is 0 Å². The van der Waals surface area contributed by atoms with Crippen LogP contribution in [0.15, 0.2) is 22.8 Å². The molecule has 7 heteroatoms. The standard InChI is InChI=1S/C14H18N6O/c1-2-3-4-5-8-11-16-13(15)20-14(17-11)18-12(19-20)10-7-6-9-21-10/h6-7,9H,2-5,8H2,1H3,(H2,15,16,17,18,19). The topological polar surface area (TPSA) is 95.1 Å². The molecule has 0 unspecified atom stereocenters. The second kappa shape index (κ2) is 5.90. The number of hydrogen-bond donors (Lipinski definition) is 1. The van der Waals surface area contributed by atoms with E-state index in [9.17, 15) is 0 Å². The Morgan fingerprint density at radius 3 is 2.86 bits per heavy atom. The molecule has 0 amide bonds. The normalized spacial score (nSPS) is 11.3. The number of hydrogen-bond acceptors (Lipinski definition) is 6. The fraction of sp³-hybridized carbons (Fsp3) is 0.429. The van der Waals surface area contributed by atoms with Gasteiger partial charge in [-0.1, -0.05) is 26.2 Å². The van der Waals surface area contributed by atoms with Crippen molar-refractivity contribution >= 4 is 11.7 Å². The Hall–Kier alpha value is -2.44. The van der Waals surface area contributed by atoms with E-state index in [1.807, 2.05) is 0 Å². The summed E-state index contributed by atoms with van der Waals surface area (Å²) < 4.78 is 6.72. The molecule has 0 spiro atoms. The van der Waals surface area contributed by atoms with Crippen LogP contribution in [0.4, 0.5) is 5.95 Å². The van der Waals surface area contributed by atoms with Crippen LogP contribution < -0.4 is 5.73 Å². The number of furan rings is 1. The van der Waals surface area contributed by atoms with E-state index < -0.39 is 0 Å². The third kappa shape index (κ3) is 2.86. The van der Waals surface area contributed by atoms with Crippen LogP contribution in [0.25, 0.3) is 17.4 Å². The van der Waals surface area contributed by atoms with Crippen LogP contribution >= 0.6 is 0 Å². The van der Waals surface area contributed by atoms with Crippen molar-refractivity contribution in [3.63, 3.8) is 0 Å². The van der Waals surface area contributed by atoms with E-state index >= 15 is 0 Å². The molecule has 110 valence electrons. The Labute approximate surface area is 122 Å². The third-order valence-corrected chi connectivity index (χ3v) is 3.28. The SMILES string of the molecule is CCCCCCc1nc(N)n2nc(-c3ccco3)nc2n1. The number of aryl methyl sites for hydroxylation is 1. The summed E-state index contributed by atoms with van der Waals surface area (Å²) in [5.41, 5.74) is 5.93. The zero-order valence-corrected chi connectivity index (χ0v) is 12.0. The first kappa shape index (κ1) is 13.5. The number of rotatable bonds is 6. The molecule has 0 fully saturated rings. The van der Waals surface area contributed by atoms with Crippen LogP contribution in [0.2, 0.25) is 0 Å². The molecule has 0 aliphatic carbocycles. The van der Waals surface area contributed by atoms with Gasteiger partial charge in [0, 0.05) is 6.42 Å². The minimum Gasteiger partial charge on any atom is -0.461 e. The van der Waals surface area contributed by atoms with Gasteiger partial charge in [-0.3, -0.25) is 0 Å². The highest BCUT2D eigenvalue weighted by Gasteiger charge is 2.13. The first-order chi connectivity index (χ1) is 10.3. The van der Waals surface area contributed by atoms with Crippen LogP contribution in [0.1, 0.15) is 38.4 Å². The van der Waals surface area contributed by atoms with Gasteiger partial charge in [0.05, 0.1) is 6.26 Å². The van der Waals surface area contributed by atoms with E-state index in [1.54, 1.807) is 18.4 Å². The Morgan fingerprint density at radius 2 is 2.10 bits per heavy atom. The fourth-order valence-corrected chi connectivity index (χ4v) is 2.18. The molecule has 0 saturated carbocycles. The molecule has 2 N–H and O–H groups in total. The Kier molecular flexibility index (Phi) is 3.81. The van der Waals surface area contributed by atoms with E-state index in [0.29, 0.717) is 23.3 Å². The summed E-state index contributed by atoms with van der Waals surface area (Å²) in [6.45, 7) is 2.19. The summed E-state index contributed by atoms with van der Waals surface area (Å²) in [6, 6.07) is 3.58. The number of nitrogens with two attached hydrogens (primary N) is 1. The van der Waals surface area contributed by atoms with Gasteiger partial charge in [0.1, 0.15) is 5.82 Å². The van der Waals surface area contributed by atoms with Crippen molar-refractivity contribution < 1.29 is 4.42 Å². The molecule has 3 aromatic rings. The summed E-state index contributed by atoms with van der Waals surface area (Å²) >= 11 is 0. The minimum absolute atomic E-state index is 0.302. The quantitative estimate of drug-likeness (QED) is 0.699.